The third kappa shape index (κ3) is 10.4. The molecule has 0 aliphatic heterocycles. The summed E-state index contributed by atoms with van der Waals surface area (Å²) in [4.78, 5) is 22.3. The van der Waals surface area contributed by atoms with E-state index in [9.17, 15) is 9.59 Å². The van der Waals surface area contributed by atoms with Crippen molar-refractivity contribution in [1.82, 2.24) is 10.6 Å². The maximum Gasteiger partial charge on any atom is 0.239 e. The monoisotopic (exact) mass is 279 g/mol. The summed E-state index contributed by atoms with van der Waals surface area (Å²) in [6.45, 7) is 9.07. The van der Waals surface area contributed by atoms with Gasteiger partial charge in [0.1, 0.15) is 0 Å². The van der Waals surface area contributed by atoms with Crippen LogP contribution in [0, 0.1) is 11.3 Å². The molecule has 0 radical (unpaired) electrons. The van der Waals surface area contributed by atoms with Gasteiger partial charge in [-0.25, -0.2) is 0 Å². The van der Waals surface area contributed by atoms with Gasteiger partial charge in [0, 0.05) is 6.54 Å². The molecule has 0 fully saturated rings. The van der Waals surface area contributed by atoms with E-state index < -0.39 is 0 Å². The lowest BCUT2D eigenvalue weighted by molar-refractivity contribution is -0.125. The second kappa shape index (κ2) is 9.16. The molecule has 0 saturated heterocycles. The Bertz CT molecular complexity index is 268. The molecule has 5 nitrogen and oxygen atoms in total. The first-order valence-corrected chi connectivity index (χ1v) is 6.00. The molecule has 0 aromatic rings. The smallest absolute Gasteiger partial charge is 0.239 e. The Kier molecular flexibility index (Phi) is 9.94. The summed E-state index contributed by atoms with van der Waals surface area (Å²) >= 11 is 0. The van der Waals surface area contributed by atoms with E-state index in [0.717, 1.165) is 6.42 Å². The van der Waals surface area contributed by atoms with Gasteiger partial charge in [-0.05, 0) is 17.8 Å². The van der Waals surface area contributed by atoms with Crippen LogP contribution in [0.2, 0.25) is 0 Å². The van der Waals surface area contributed by atoms with Crippen LogP contribution in [0.3, 0.4) is 0 Å². The minimum absolute atomic E-state index is 0. The van der Waals surface area contributed by atoms with Gasteiger partial charge in [0.2, 0.25) is 11.8 Å². The summed E-state index contributed by atoms with van der Waals surface area (Å²) in [6.07, 6.45) is 1.04. The molecule has 0 aliphatic carbocycles. The van der Waals surface area contributed by atoms with E-state index >= 15 is 0 Å². The minimum Gasteiger partial charge on any atom is -0.354 e. The number of hydrogen-bond acceptors (Lipinski definition) is 3. The Balaban J connectivity index is 0. The maximum absolute atomic E-state index is 11.4. The van der Waals surface area contributed by atoms with Crippen LogP contribution < -0.4 is 16.4 Å². The lowest BCUT2D eigenvalue weighted by atomic mass is 9.84. The summed E-state index contributed by atoms with van der Waals surface area (Å²) in [5.74, 6) is 0.101. The molecule has 4 N–H and O–H groups in total. The molecular weight excluding hydrogens is 254 g/mol. The van der Waals surface area contributed by atoms with Crippen LogP contribution in [0.5, 0.6) is 0 Å². The van der Waals surface area contributed by atoms with E-state index in [1.165, 1.54) is 0 Å². The standard InChI is InChI=1S/C12H25N3O2.ClH/c1-9(2)5-12(3,4)8-15-11(17)7-14-10(16)6-13;/h9H,5-8,13H2,1-4H3,(H,14,16)(H,15,17);1H. The second-order valence-electron chi connectivity index (χ2n) is 5.52. The van der Waals surface area contributed by atoms with Crippen LogP contribution in [0.25, 0.3) is 0 Å². The van der Waals surface area contributed by atoms with E-state index in [-0.39, 0.29) is 42.7 Å². The van der Waals surface area contributed by atoms with Crippen LogP contribution >= 0.6 is 12.4 Å². The van der Waals surface area contributed by atoms with Crippen LogP contribution in [0.15, 0.2) is 0 Å². The Hall–Kier alpha value is -0.810. The molecule has 0 atom stereocenters. The molecular formula is C12H26ClN3O2. The predicted octanol–water partition coefficient (Wildman–Crippen LogP) is 0.672. The lowest BCUT2D eigenvalue weighted by Crippen LogP contribution is -2.42. The van der Waals surface area contributed by atoms with Crippen molar-refractivity contribution in [2.24, 2.45) is 17.1 Å². The number of halogens is 1. The predicted molar refractivity (Wildman–Crippen MR) is 75.6 cm³/mol. The van der Waals surface area contributed by atoms with Crippen molar-refractivity contribution >= 4 is 24.2 Å². The molecule has 0 bridgehead atoms. The van der Waals surface area contributed by atoms with Crippen molar-refractivity contribution < 1.29 is 9.59 Å². The molecule has 0 saturated carbocycles. The van der Waals surface area contributed by atoms with Gasteiger partial charge >= 0.3 is 0 Å². The number of nitrogens with one attached hydrogen (secondary N) is 2. The first-order valence-electron chi connectivity index (χ1n) is 6.00. The molecule has 0 aromatic carbocycles. The number of rotatable bonds is 7. The Morgan fingerprint density at radius 2 is 1.72 bits per heavy atom. The highest BCUT2D eigenvalue weighted by molar-refractivity contribution is 5.85. The second-order valence-corrected chi connectivity index (χ2v) is 5.52. The van der Waals surface area contributed by atoms with Crippen LogP contribution in [0.1, 0.15) is 34.1 Å². The fourth-order valence-corrected chi connectivity index (χ4v) is 1.83. The van der Waals surface area contributed by atoms with Crippen LogP contribution in [0.4, 0.5) is 0 Å². The summed E-state index contributed by atoms with van der Waals surface area (Å²) in [7, 11) is 0. The minimum atomic E-state index is -0.318. The third-order valence-electron chi connectivity index (χ3n) is 2.36. The van der Waals surface area contributed by atoms with Crippen molar-refractivity contribution in [3.8, 4) is 0 Å². The highest BCUT2D eigenvalue weighted by atomic mass is 35.5. The average molecular weight is 280 g/mol. The first kappa shape index (κ1) is 19.5. The molecule has 0 aromatic heterocycles. The Morgan fingerprint density at radius 3 is 2.17 bits per heavy atom. The van der Waals surface area contributed by atoms with Gasteiger partial charge in [0.05, 0.1) is 13.1 Å². The number of hydrogen-bond donors (Lipinski definition) is 3. The number of nitrogens with two attached hydrogens (primary N) is 1. The molecule has 0 spiro atoms. The van der Waals surface area contributed by atoms with Crippen molar-refractivity contribution in [3.05, 3.63) is 0 Å². The van der Waals surface area contributed by atoms with E-state index in [1.54, 1.807) is 0 Å². The van der Waals surface area contributed by atoms with Gasteiger partial charge in [-0.2, -0.15) is 0 Å². The van der Waals surface area contributed by atoms with Crippen molar-refractivity contribution in [2.45, 2.75) is 34.1 Å². The SMILES string of the molecule is CC(C)CC(C)(C)CNC(=O)CNC(=O)CN.Cl. The van der Waals surface area contributed by atoms with E-state index in [0.29, 0.717) is 12.5 Å². The summed E-state index contributed by atoms with van der Waals surface area (Å²) < 4.78 is 0. The lowest BCUT2D eigenvalue weighted by Gasteiger charge is -2.26. The number of amides is 2. The summed E-state index contributed by atoms with van der Waals surface area (Å²) in [5.41, 5.74) is 5.18. The fraction of sp³-hybridized carbons (Fsp3) is 0.833. The molecule has 0 rings (SSSR count). The quantitative estimate of drug-likeness (QED) is 0.640. The van der Waals surface area contributed by atoms with E-state index in [2.05, 4.69) is 38.3 Å². The molecule has 0 unspecified atom stereocenters. The molecule has 108 valence electrons. The fourth-order valence-electron chi connectivity index (χ4n) is 1.83. The van der Waals surface area contributed by atoms with Gasteiger partial charge in [0.25, 0.3) is 0 Å². The topological polar surface area (TPSA) is 84.2 Å². The third-order valence-corrected chi connectivity index (χ3v) is 2.36. The number of carbonyl (C=O) groups excluding carboxylic acids is 2. The van der Waals surface area contributed by atoms with Crippen molar-refractivity contribution in [1.29, 1.82) is 0 Å². The van der Waals surface area contributed by atoms with E-state index in [4.69, 9.17) is 5.73 Å². The largest absolute Gasteiger partial charge is 0.354 e. The van der Waals surface area contributed by atoms with Crippen LogP contribution in [-0.4, -0.2) is 31.4 Å². The zero-order valence-electron chi connectivity index (χ0n) is 11.7. The van der Waals surface area contributed by atoms with Gasteiger partial charge in [-0.1, -0.05) is 27.7 Å². The molecule has 2 amide bonds. The number of carbonyl (C=O) groups is 2. The summed E-state index contributed by atoms with van der Waals surface area (Å²) in [5, 5.41) is 5.25. The molecule has 0 heterocycles. The zero-order valence-corrected chi connectivity index (χ0v) is 12.5. The maximum atomic E-state index is 11.4. The highest BCUT2D eigenvalue weighted by Gasteiger charge is 2.20. The molecule has 6 heteroatoms. The Labute approximate surface area is 116 Å². The van der Waals surface area contributed by atoms with Gasteiger partial charge in [-0.15, -0.1) is 12.4 Å². The van der Waals surface area contributed by atoms with Gasteiger partial charge in [-0.3, -0.25) is 9.59 Å². The highest BCUT2D eigenvalue weighted by Crippen LogP contribution is 2.23. The van der Waals surface area contributed by atoms with Crippen molar-refractivity contribution in [3.63, 3.8) is 0 Å². The van der Waals surface area contributed by atoms with E-state index in [1.807, 2.05) is 0 Å². The normalized spacial score (nSPS) is 10.8. The molecule has 0 aliphatic rings. The zero-order chi connectivity index (χ0) is 13.5. The first-order chi connectivity index (χ1) is 7.76. The molecule has 18 heavy (non-hydrogen) atoms. The Morgan fingerprint density at radius 1 is 1.17 bits per heavy atom. The summed E-state index contributed by atoms with van der Waals surface area (Å²) in [6, 6.07) is 0. The average Bonchev–Trinajstić information content (AvgIpc) is 2.21. The van der Waals surface area contributed by atoms with Gasteiger partial charge < -0.3 is 16.4 Å². The van der Waals surface area contributed by atoms with Crippen LogP contribution in [-0.2, 0) is 9.59 Å². The van der Waals surface area contributed by atoms with Gasteiger partial charge in [0.15, 0.2) is 0 Å². The van der Waals surface area contributed by atoms with Crippen molar-refractivity contribution in [2.75, 3.05) is 19.6 Å².